The molecule has 0 saturated heterocycles. The second-order valence-electron chi connectivity index (χ2n) is 4.86. The number of halogens is 1. The minimum Gasteiger partial charge on any atom is -0.451 e. The maximum Gasteiger partial charge on any atom is 0.326 e. The summed E-state index contributed by atoms with van der Waals surface area (Å²) in [5, 5.41) is 4.75. The van der Waals surface area contributed by atoms with Crippen LogP contribution in [-0.4, -0.2) is 22.5 Å². The summed E-state index contributed by atoms with van der Waals surface area (Å²) in [6.07, 6.45) is -0.990. The molecule has 0 aliphatic rings. The Morgan fingerprint density at radius 2 is 2.17 bits per heavy atom. The minimum absolute atomic E-state index is 0.219. The molecule has 1 atom stereocenters. The first-order chi connectivity index (χ1) is 10.9. The van der Waals surface area contributed by atoms with E-state index in [1.54, 1.807) is 36.6 Å². The third-order valence-corrected chi connectivity index (χ3v) is 4.15. The van der Waals surface area contributed by atoms with Crippen LogP contribution < -0.4 is 10.2 Å². The standard InChI is InChI=1S/C15H15ClN2O4S/c1-9-8-23-15(21)18(9)7-13(19)22-10(2)14(20)17-12-5-3-4-11(16)6-12/h3-6,8,10H,7H2,1-2H3,(H,17,20)/t10-/m0/s1. The van der Waals surface area contributed by atoms with Crippen LogP contribution in [0.1, 0.15) is 12.6 Å². The van der Waals surface area contributed by atoms with Gasteiger partial charge < -0.3 is 10.1 Å². The molecule has 122 valence electrons. The Bertz CT molecular complexity index is 784. The molecule has 8 heteroatoms. The van der Waals surface area contributed by atoms with Crippen LogP contribution in [0.2, 0.25) is 5.02 Å². The van der Waals surface area contributed by atoms with Gasteiger partial charge in [0, 0.05) is 21.8 Å². The fourth-order valence-corrected chi connectivity index (χ4v) is 2.75. The van der Waals surface area contributed by atoms with Crippen LogP contribution in [-0.2, 0) is 20.9 Å². The highest BCUT2D eigenvalue weighted by Gasteiger charge is 2.19. The van der Waals surface area contributed by atoms with Crippen molar-refractivity contribution in [1.82, 2.24) is 4.57 Å². The van der Waals surface area contributed by atoms with E-state index >= 15 is 0 Å². The second-order valence-corrected chi connectivity index (χ2v) is 6.12. The van der Waals surface area contributed by atoms with Gasteiger partial charge in [0.2, 0.25) is 0 Å². The first-order valence-corrected chi connectivity index (χ1v) is 8.03. The van der Waals surface area contributed by atoms with Gasteiger partial charge in [0.25, 0.3) is 5.91 Å². The number of carbonyl (C=O) groups excluding carboxylic acids is 2. The lowest BCUT2D eigenvalue weighted by molar-refractivity contribution is -0.153. The van der Waals surface area contributed by atoms with Gasteiger partial charge in [-0.1, -0.05) is 29.0 Å². The van der Waals surface area contributed by atoms with E-state index in [1.807, 2.05) is 0 Å². The number of ether oxygens (including phenoxy) is 1. The van der Waals surface area contributed by atoms with Crippen molar-refractivity contribution in [3.8, 4) is 0 Å². The maximum absolute atomic E-state index is 12.0. The molecule has 0 aliphatic carbocycles. The third-order valence-electron chi connectivity index (χ3n) is 3.03. The molecule has 0 aliphatic heterocycles. The van der Waals surface area contributed by atoms with Crippen molar-refractivity contribution in [3.05, 3.63) is 50.0 Å². The summed E-state index contributed by atoms with van der Waals surface area (Å²) >= 11 is 6.84. The number of carbonyl (C=O) groups is 2. The van der Waals surface area contributed by atoms with E-state index in [4.69, 9.17) is 16.3 Å². The van der Waals surface area contributed by atoms with Crippen molar-refractivity contribution in [1.29, 1.82) is 0 Å². The van der Waals surface area contributed by atoms with E-state index in [-0.39, 0.29) is 11.4 Å². The number of aryl methyl sites for hydroxylation is 1. The lowest BCUT2D eigenvalue weighted by atomic mass is 10.3. The molecular weight excluding hydrogens is 340 g/mol. The zero-order valence-corrected chi connectivity index (χ0v) is 14.1. The topological polar surface area (TPSA) is 77.4 Å². The number of aromatic nitrogens is 1. The van der Waals surface area contributed by atoms with Crippen molar-refractivity contribution >= 4 is 40.5 Å². The number of nitrogens with zero attached hydrogens (tertiary/aromatic N) is 1. The summed E-state index contributed by atoms with van der Waals surface area (Å²) in [7, 11) is 0. The van der Waals surface area contributed by atoms with E-state index in [2.05, 4.69) is 5.32 Å². The third kappa shape index (κ3) is 4.67. The molecule has 1 heterocycles. The van der Waals surface area contributed by atoms with Crippen molar-refractivity contribution < 1.29 is 14.3 Å². The Labute approximate surface area is 141 Å². The van der Waals surface area contributed by atoms with Gasteiger partial charge in [-0.2, -0.15) is 0 Å². The quantitative estimate of drug-likeness (QED) is 0.836. The summed E-state index contributed by atoms with van der Waals surface area (Å²) < 4.78 is 6.36. The van der Waals surface area contributed by atoms with E-state index in [1.165, 1.54) is 11.5 Å². The van der Waals surface area contributed by atoms with Gasteiger partial charge >= 0.3 is 10.8 Å². The van der Waals surface area contributed by atoms with Crippen molar-refractivity contribution in [2.45, 2.75) is 26.5 Å². The molecule has 23 heavy (non-hydrogen) atoms. The van der Waals surface area contributed by atoms with E-state index in [0.717, 1.165) is 11.3 Å². The first kappa shape index (κ1) is 17.2. The summed E-state index contributed by atoms with van der Waals surface area (Å²) in [5.41, 5.74) is 1.18. The van der Waals surface area contributed by atoms with Gasteiger partial charge in [0.05, 0.1) is 0 Å². The maximum atomic E-state index is 12.0. The Hall–Kier alpha value is -2.12. The highest BCUT2D eigenvalue weighted by atomic mass is 35.5. The number of rotatable bonds is 5. The monoisotopic (exact) mass is 354 g/mol. The van der Waals surface area contributed by atoms with Crippen LogP contribution in [0, 0.1) is 6.92 Å². The molecule has 0 saturated carbocycles. The second kappa shape index (κ2) is 7.43. The summed E-state index contributed by atoms with van der Waals surface area (Å²) in [6, 6.07) is 6.64. The predicted molar refractivity (Wildman–Crippen MR) is 89.0 cm³/mol. The van der Waals surface area contributed by atoms with Gasteiger partial charge in [0.1, 0.15) is 6.54 Å². The molecule has 1 N–H and O–H groups in total. The molecule has 6 nitrogen and oxygen atoms in total. The average molecular weight is 355 g/mol. The van der Waals surface area contributed by atoms with Crippen molar-refractivity contribution in [3.63, 3.8) is 0 Å². The minimum atomic E-state index is -0.990. The van der Waals surface area contributed by atoms with Crippen LogP contribution in [0.15, 0.2) is 34.4 Å². The largest absolute Gasteiger partial charge is 0.451 e. The first-order valence-electron chi connectivity index (χ1n) is 6.77. The predicted octanol–water partition coefficient (Wildman–Crippen LogP) is 2.44. The van der Waals surface area contributed by atoms with E-state index in [0.29, 0.717) is 16.4 Å². The molecule has 0 radical (unpaired) electrons. The molecule has 1 amide bonds. The Kier molecular flexibility index (Phi) is 5.57. The molecule has 2 rings (SSSR count). The SMILES string of the molecule is Cc1csc(=O)n1CC(=O)O[C@@H](C)C(=O)Nc1cccc(Cl)c1. The number of hydrogen-bond donors (Lipinski definition) is 1. The van der Waals surface area contributed by atoms with Gasteiger partial charge in [-0.05, 0) is 32.0 Å². The van der Waals surface area contributed by atoms with Crippen LogP contribution in [0.4, 0.5) is 5.69 Å². The summed E-state index contributed by atoms with van der Waals surface area (Å²) in [6.45, 7) is 2.96. The fourth-order valence-electron chi connectivity index (χ4n) is 1.82. The Balaban J connectivity index is 1.93. The summed E-state index contributed by atoms with van der Waals surface area (Å²) in [4.78, 5) is 35.2. The van der Waals surface area contributed by atoms with Crippen LogP contribution >= 0.6 is 22.9 Å². The number of anilines is 1. The normalized spacial score (nSPS) is 11.8. The summed E-state index contributed by atoms with van der Waals surface area (Å²) in [5.74, 6) is -1.13. The Morgan fingerprint density at radius 3 is 2.78 bits per heavy atom. The number of benzene rings is 1. The molecule has 1 aromatic carbocycles. The smallest absolute Gasteiger partial charge is 0.326 e. The van der Waals surface area contributed by atoms with Gasteiger partial charge in [0.15, 0.2) is 6.10 Å². The zero-order valence-electron chi connectivity index (χ0n) is 12.5. The molecular formula is C15H15ClN2O4S. The number of nitrogens with one attached hydrogen (secondary N) is 1. The number of hydrogen-bond acceptors (Lipinski definition) is 5. The number of thiazole rings is 1. The molecule has 1 aromatic heterocycles. The van der Waals surface area contributed by atoms with Gasteiger partial charge in [-0.15, -0.1) is 0 Å². The Morgan fingerprint density at radius 1 is 1.43 bits per heavy atom. The van der Waals surface area contributed by atoms with E-state index < -0.39 is 18.0 Å². The van der Waals surface area contributed by atoms with Crippen LogP contribution in [0.5, 0.6) is 0 Å². The lowest BCUT2D eigenvalue weighted by Crippen LogP contribution is -2.32. The van der Waals surface area contributed by atoms with Crippen LogP contribution in [0.25, 0.3) is 0 Å². The van der Waals surface area contributed by atoms with Gasteiger partial charge in [-0.25, -0.2) is 0 Å². The molecule has 0 spiro atoms. The molecule has 0 unspecified atom stereocenters. The highest BCUT2D eigenvalue weighted by Crippen LogP contribution is 2.15. The molecule has 0 bridgehead atoms. The number of amides is 1. The number of esters is 1. The molecule has 2 aromatic rings. The zero-order chi connectivity index (χ0) is 17.0. The average Bonchev–Trinajstić information content (AvgIpc) is 2.79. The van der Waals surface area contributed by atoms with Crippen molar-refractivity contribution in [2.24, 2.45) is 0 Å². The van der Waals surface area contributed by atoms with E-state index in [9.17, 15) is 14.4 Å². The molecule has 0 fully saturated rings. The van der Waals surface area contributed by atoms with Gasteiger partial charge in [-0.3, -0.25) is 19.0 Å². The lowest BCUT2D eigenvalue weighted by Gasteiger charge is -2.14. The van der Waals surface area contributed by atoms with Crippen molar-refractivity contribution in [2.75, 3.05) is 5.32 Å². The highest BCUT2D eigenvalue weighted by molar-refractivity contribution is 7.07. The van der Waals surface area contributed by atoms with Crippen LogP contribution in [0.3, 0.4) is 0 Å². The fraction of sp³-hybridized carbons (Fsp3) is 0.267.